The quantitative estimate of drug-likeness (QED) is 0.726. The summed E-state index contributed by atoms with van der Waals surface area (Å²) < 4.78 is 0. The van der Waals surface area contributed by atoms with Gasteiger partial charge < -0.3 is 10.2 Å². The van der Waals surface area contributed by atoms with Gasteiger partial charge in [0.2, 0.25) is 0 Å². The topological polar surface area (TPSA) is 87.1 Å². The molecule has 0 aliphatic carbocycles. The van der Waals surface area contributed by atoms with E-state index in [1.165, 1.54) is 6.33 Å². The van der Waals surface area contributed by atoms with Crippen molar-refractivity contribution in [1.82, 2.24) is 19.9 Å². The van der Waals surface area contributed by atoms with Crippen molar-refractivity contribution in [3.05, 3.63) is 54.9 Å². The fourth-order valence-electron chi connectivity index (χ4n) is 4.10. The molecular weight excluding hydrogens is 366 g/mol. The van der Waals surface area contributed by atoms with Gasteiger partial charge in [0.05, 0.1) is 35.5 Å². The van der Waals surface area contributed by atoms with Gasteiger partial charge in [-0.2, -0.15) is 0 Å². The van der Waals surface area contributed by atoms with Crippen LogP contribution in [-0.4, -0.2) is 45.1 Å². The standard InChI is InChI=1S/C21H21N7O/c1-14-9-15(6-7-24-14)18-4-5-19-20(26-18)28(17-3-2-8-27(19)12-17)21(29)25-16-10-22-13-23-11-16/h4-7,9-11,13,17H,2-3,8,12H2,1H3,(H,25,29)/t17-/m0/s1. The number of hydrogen-bond acceptors (Lipinski definition) is 6. The smallest absolute Gasteiger partial charge is 0.327 e. The summed E-state index contributed by atoms with van der Waals surface area (Å²) in [6.45, 7) is 3.77. The third kappa shape index (κ3) is 3.26. The fourth-order valence-corrected chi connectivity index (χ4v) is 4.10. The molecule has 29 heavy (non-hydrogen) atoms. The number of aromatic nitrogens is 4. The zero-order chi connectivity index (χ0) is 19.8. The minimum absolute atomic E-state index is 0.0859. The first-order valence-electron chi connectivity index (χ1n) is 9.73. The Morgan fingerprint density at radius 1 is 1.21 bits per heavy atom. The number of fused-ring (bicyclic) bond motifs is 4. The van der Waals surface area contributed by atoms with E-state index in [-0.39, 0.29) is 12.1 Å². The highest BCUT2D eigenvalue weighted by Gasteiger charge is 2.38. The second-order valence-corrected chi connectivity index (χ2v) is 7.39. The normalized spacial score (nSPS) is 17.6. The van der Waals surface area contributed by atoms with Crippen molar-refractivity contribution >= 4 is 23.2 Å². The highest BCUT2D eigenvalue weighted by atomic mass is 16.2. The lowest BCUT2D eigenvalue weighted by Crippen LogP contribution is -2.56. The highest BCUT2D eigenvalue weighted by molar-refractivity contribution is 6.04. The molecule has 3 aromatic heterocycles. The molecule has 8 nitrogen and oxygen atoms in total. The van der Waals surface area contributed by atoms with Gasteiger partial charge in [-0.15, -0.1) is 0 Å². The molecule has 0 unspecified atom stereocenters. The average Bonchev–Trinajstić information content (AvgIpc) is 2.74. The van der Waals surface area contributed by atoms with Crippen LogP contribution in [0.1, 0.15) is 18.5 Å². The molecule has 1 fully saturated rings. The lowest BCUT2D eigenvalue weighted by molar-refractivity contribution is 0.252. The van der Waals surface area contributed by atoms with E-state index in [0.717, 1.165) is 48.6 Å². The zero-order valence-corrected chi connectivity index (χ0v) is 16.1. The number of nitrogens with one attached hydrogen (secondary N) is 1. The Labute approximate surface area is 168 Å². The summed E-state index contributed by atoms with van der Waals surface area (Å²) in [7, 11) is 0. The zero-order valence-electron chi connectivity index (χ0n) is 16.1. The van der Waals surface area contributed by atoms with Gasteiger partial charge in [0.15, 0.2) is 5.82 Å². The summed E-state index contributed by atoms with van der Waals surface area (Å²) >= 11 is 0. The summed E-state index contributed by atoms with van der Waals surface area (Å²) in [4.78, 5) is 34.5. The first-order valence-corrected chi connectivity index (χ1v) is 9.73. The maximum absolute atomic E-state index is 13.2. The number of hydrogen-bond donors (Lipinski definition) is 1. The number of aryl methyl sites for hydroxylation is 1. The average molecular weight is 387 g/mol. The van der Waals surface area contributed by atoms with Crippen LogP contribution in [0, 0.1) is 6.92 Å². The monoisotopic (exact) mass is 387 g/mol. The maximum atomic E-state index is 13.2. The Balaban J connectivity index is 1.56. The maximum Gasteiger partial charge on any atom is 0.327 e. The third-order valence-corrected chi connectivity index (χ3v) is 5.41. The van der Waals surface area contributed by atoms with Crippen LogP contribution in [0.3, 0.4) is 0 Å². The molecule has 5 rings (SSSR count). The second kappa shape index (κ2) is 7.12. The van der Waals surface area contributed by atoms with Crippen molar-refractivity contribution in [3.8, 4) is 11.3 Å². The van der Waals surface area contributed by atoms with Crippen LogP contribution in [0.2, 0.25) is 0 Å². The Morgan fingerprint density at radius 3 is 2.90 bits per heavy atom. The van der Waals surface area contributed by atoms with Crippen LogP contribution in [0.25, 0.3) is 11.3 Å². The second-order valence-electron chi connectivity index (χ2n) is 7.39. The SMILES string of the molecule is Cc1cc(-c2ccc3c(n2)N(C(=O)Nc2cncnc2)[C@H]2CCCN3C2)ccn1. The summed E-state index contributed by atoms with van der Waals surface area (Å²) in [6, 6.07) is 7.91. The molecule has 3 aromatic rings. The number of anilines is 3. The van der Waals surface area contributed by atoms with Gasteiger partial charge >= 0.3 is 6.03 Å². The Morgan fingerprint density at radius 2 is 2.07 bits per heavy atom. The van der Waals surface area contributed by atoms with Gasteiger partial charge in [0.25, 0.3) is 0 Å². The molecule has 2 amide bonds. The molecule has 2 aliphatic heterocycles. The van der Waals surface area contributed by atoms with Gasteiger partial charge in [-0.05, 0) is 44.0 Å². The van der Waals surface area contributed by atoms with E-state index in [1.807, 2.05) is 25.1 Å². The molecule has 0 aromatic carbocycles. The van der Waals surface area contributed by atoms with E-state index in [1.54, 1.807) is 23.5 Å². The first-order chi connectivity index (χ1) is 14.2. The number of nitrogens with zero attached hydrogens (tertiary/aromatic N) is 6. The van der Waals surface area contributed by atoms with Crippen LogP contribution in [0.4, 0.5) is 22.0 Å². The lowest BCUT2D eigenvalue weighted by Gasteiger charge is -2.45. The summed E-state index contributed by atoms with van der Waals surface area (Å²) in [5.74, 6) is 0.697. The molecule has 1 N–H and O–H groups in total. The van der Waals surface area contributed by atoms with E-state index in [9.17, 15) is 4.79 Å². The molecule has 5 heterocycles. The van der Waals surface area contributed by atoms with Crippen molar-refractivity contribution in [2.75, 3.05) is 28.2 Å². The van der Waals surface area contributed by atoms with Crippen LogP contribution in [0.5, 0.6) is 0 Å². The highest BCUT2D eigenvalue weighted by Crippen LogP contribution is 2.39. The van der Waals surface area contributed by atoms with E-state index in [4.69, 9.17) is 4.98 Å². The van der Waals surface area contributed by atoms with Crippen molar-refractivity contribution in [1.29, 1.82) is 0 Å². The molecule has 0 radical (unpaired) electrons. The fraction of sp³-hybridized carbons (Fsp3) is 0.286. The number of amides is 2. The predicted octanol–water partition coefficient (Wildman–Crippen LogP) is 3.26. The van der Waals surface area contributed by atoms with Crippen molar-refractivity contribution < 1.29 is 4.79 Å². The predicted molar refractivity (Wildman–Crippen MR) is 111 cm³/mol. The molecule has 0 saturated carbocycles. The number of carbonyl (C=O) groups excluding carboxylic acids is 1. The molecule has 2 aliphatic rings. The van der Waals surface area contributed by atoms with E-state index >= 15 is 0 Å². The van der Waals surface area contributed by atoms with Gasteiger partial charge in [-0.1, -0.05) is 0 Å². The van der Waals surface area contributed by atoms with E-state index < -0.39 is 0 Å². The molecule has 1 atom stereocenters. The lowest BCUT2D eigenvalue weighted by atomic mass is 9.99. The molecule has 2 bridgehead atoms. The van der Waals surface area contributed by atoms with Crippen molar-refractivity contribution in [2.24, 2.45) is 0 Å². The molecule has 0 spiro atoms. The minimum Gasteiger partial charge on any atom is -0.366 e. The van der Waals surface area contributed by atoms with Crippen LogP contribution < -0.4 is 15.1 Å². The van der Waals surface area contributed by atoms with E-state index in [0.29, 0.717) is 11.5 Å². The Hall–Kier alpha value is -3.55. The van der Waals surface area contributed by atoms with Crippen molar-refractivity contribution in [2.45, 2.75) is 25.8 Å². The van der Waals surface area contributed by atoms with Crippen LogP contribution >= 0.6 is 0 Å². The van der Waals surface area contributed by atoms with Gasteiger partial charge in [-0.3, -0.25) is 9.88 Å². The molecule has 8 heteroatoms. The van der Waals surface area contributed by atoms with Gasteiger partial charge in [0.1, 0.15) is 6.33 Å². The van der Waals surface area contributed by atoms with Gasteiger partial charge in [-0.25, -0.2) is 19.7 Å². The largest absolute Gasteiger partial charge is 0.366 e. The Kier molecular flexibility index (Phi) is 4.31. The molecule has 146 valence electrons. The number of pyridine rings is 2. The number of urea groups is 1. The summed E-state index contributed by atoms with van der Waals surface area (Å²) in [5.41, 5.74) is 4.31. The van der Waals surface area contributed by atoms with Gasteiger partial charge in [0, 0.05) is 30.5 Å². The number of piperidine rings is 1. The summed E-state index contributed by atoms with van der Waals surface area (Å²) in [5, 5.41) is 2.92. The van der Waals surface area contributed by atoms with Crippen molar-refractivity contribution in [3.63, 3.8) is 0 Å². The van der Waals surface area contributed by atoms with Crippen LogP contribution in [0.15, 0.2) is 49.2 Å². The number of rotatable bonds is 2. The summed E-state index contributed by atoms with van der Waals surface area (Å²) in [6.07, 6.45) is 8.40. The number of carbonyl (C=O) groups is 1. The first kappa shape index (κ1) is 17.5. The third-order valence-electron chi connectivity index (χ3n) is 5.41. The van der Waals surface area contributed by atoms with E-state index in [2.05, 4.69) is 31.2 Å². The minimum atomic E-state index is -0.205. The molecule has 1 saturated heterocycles. The molecular formula is C21H21N7O. The van der Waals surface area contributed by atoms with Crippen LogP contribution in [-0.2, 0) is 0 Å². The Bertz CT molecular complexity index is 1060.